The van der Waals surface area contributed by atoms with Crippen LogP contribution in [0.5, 0.6) is 5.75 Å². The number of hydrogen-bond acceptors (Lipinski definition) is 2. The molecule has 1 rings (SSSR count). The van der Waals surface area contributed by atoms with Gasteiger partial charge in [0.2, 0.25) is 0 Å². The van der Waals surface area contributed by atoms with E-state index in [1.807, 2.05) is 6.92 Å². The molecule has 2 N–H and O–H groups in total. The van der Waals surface area contributed by atoms with Gasteiger partial charge in [-0.05, 0) is 30.7 Å². The molecule has 0 radical (unpaired) electrons. The summed E-state index contributed by atoms with van der Waals surface area (Å²) in [4.78, 5) is 11.5. The first-order chi connectivity index (χ1) is 7.13. The normalized spacial score (nSPS) is 12.1. The summed E-state index contributed by atoms with van der Waals surface area (Å²) in [6, 6.07) is 6.10. The van der Waals surface area contributed by atoms with E-state index in [0.29, 0.717) is 12.1 Å². The van der Waals surface area contributed by atoms with Crippen LogP contribution in [0.15, 0.2) is 24.3 Å². The van der Waals surface area contributed by atoms with E-state index in [2.05, 4.69) is 5.32 Å². The van der Waals surface area contributed by atoms with E-state index in [4.69, 9.17) is 16.7 Å². The molecule has 0 fully saturated rings. The van der Waals surface area contributed by atoms with Crippen molar-refractivity contribution in [1.29, 1.82) is 0 Å². The molecule has 0 saturated carbocycles. The fourth-order valence-corrected chi connectivity index (χ4v) is 1.14. The number of nitrogens with one attached hydrogen (secondary N) is 1. The maximum Gasteiger partial charge on any atom is 0.251 e. The van der Waals surface area contributed by atoms with Crippen molar-refractivity contribution in [3.63, 3.8) is 0 Å². The summed E-state index contributed by atoms with van der Waals surface area (Å²) in [6.45, 7) is 2.42. The summed E-state index contributed by atoms with van der Waals surface area (Å²) in [5, 5.41) is 11.7. The molecule has 0 saturated heterocycles. The Hall–Kier alpha value is -1.22. The maximum absolute atomic E-state index is 11.5. The number of benzene rings is 1. The number of phenolic OH excluding ortho intramolecular Hbond substituents is 1. The van der Waals surface area contributed by atoms with Gasteiger partial charge in [-0.2, -0.15) is 0 Å². The second-order valence-corrected chi connectivity index (χ2v) is 3.88. The van der Waals surface area contributed by atoms with Crippen LogP contribution in [0.25, 0.3) is 0 Å². The number of carbonyl (C=O) groups is 1. The lowest BCUT2D eigenvalue weighted by Crippen LogP contribution is -2.29. The van der Waals surface area contributed by atoms with Crippen LogP contribution in [0.2, 0.25) is 0 Å². The average molecular weight is 228 g/mol. The van der Waals surface area contributed by atoms with Crippen LogP contribution >= 0.6 is 11.6 Å². The summed E-state index contributed by atoms with van der Waals surface area (Å²) in [5.41, 5.74) is 0.521. The molecular weight excluding hydrogens is 214 g/mol. The highest BCUT2D eigenvalue weighted by Gasteiger charge is 2.07. The van der Waals surface area contributed by atoms with Crippen molar-refractivity contribution < 1.29 is 9.90 Å². The molecule has 4 heteroatoms. The number of rotatable bonds is 4. The van der Waals surface area contributed by atoms with Gasteiger partial charge in [-0.15, -0.1) is 11.6 Å². The summed E-state index contributed by atoms with van der Waals surface area (Å²) < 4.78 is 0. The molecule has 0 spiro atoms. The van der Waals surface area contributed by atoms with Crippen LogP contribution < -0.4 is 5.32 Å². The number of phenols is 1. The molecule has 1 unspecified atom stereocenters. The van der Waals surface area contributed by atoms with Crippen molar-refractivity contribution in [3.05, 3.63) is 29.8 Å². The lowest BCUT2D eigenvalue weighted by molar-refractivity contribution is 0.0953. The Morgan fingerprint density at radius 3 is 2.60 bits per heavy atom. The molecule has 1 aromatic rings. The zero-order valence-corrected chi connectivity index (χ0v) is 9.29. The van der Waals surface area contributed by atoms with Crippen LogP contribution in [0, 0.1) is 0 Å². The summed E-state index contributed by atoms with van der Waals surface area (Å²) in [5.74, 6) is -0.0237. The maximum atomic E-state index is 11.5. The van der Waals surface area contributed by atoms with Gasteiger partial charge in [-0.1, -0.05) is 6.92 Å². The van der Waals surface area contributed by atoms with E-state index in [1.165, 1.54) is 12.1 Å². The Bertz CT molecular complexity index is 324. The minimum Gasteiger partial charge on any atom is -0.508 e. The van der Waals surface area contributed by atoms with E-state index in [1.54, 1.807) is 12.1 Å². The van der Waals surface area contributed by atoms with Crippen molar-refractivity contribution >= 4 is 17.5 Å². The smallest absolute Gasteiger partial charge is 0.251 e. The van der Waals surface area contributed by atoms with Gasteiger partial charge in [0.15, 0.2) is 0 Å². The highest BCUT2D eigenvalue weighted by Crippen LogP contribution is 2.09. The third-order valence-corrected chi connectivity index (χ3v) is 2.52. The van der Waals surface area contributed by atoms with Crippen molar-refractivity contribution in [2.45, 2.75) is 18.7 Å². The van der Waals surface area contributed by atoms with Gasteiger partial charge in [0.05, 0.1) is 5.38 Å². The van der Waals surface area contributed by atoms with E-state index < -0.39 is 0 Å². The van der Waals surface area contributed by atoms with Crippen molar-refractivity contribution in [2.75, 3.05) is 6.54 Å². The van der Waals surface area contributed by atoms with Crippen molar-refractivity contribution in [3.8, 4) is 5.75 Å². The molecule has 1 amide bonds. The first kappa shape index (κ1) is 11.9. The number of alkyl halides is 1. The highest BCUT2D eigenvalue weighted by molar-refractivity contribution is 6.20. The Kier molecular flexibility index (Phi) is 4.43. The molecule has 0 aliphatic rings. The topological polar surface area (TPSA) is 49.3 Å². The molecule has 0 bridgehead atoms. The average Bonchev–Trinajstić information content (AvgIpc) is 2.26. The summed E-state index contributed by atoms with van der Waals surface area (Å²) in [7, 11) is 0. The lowest BCUT2D eigenvalue weighted by atomic mass is 10.2. The van der Waals surface area contributed by atoms with Gasteiger partial charge in [-0.3, -0.25) is 4.79 Å². The number of carbonyl (C=O) groups excluding carboxylic acids is 1. The van der Waals surface area contributed by atoms with Crippen molar-refractivity contribution in [2.24, 2.45) is 0 Å². The first-order valence-electron chi connectivity index (χ1n) is 4.84. The number of halogens is 1. The first-order valence-corrected chi connectivity index (χ1v) is 5.28. The lowest BCUT2D eigenvalue weighted by Gasteiger charge is -2.08. The van der Waals surface area contributed by atoms with Crippen LogP contribution in [-0.4, -0.2) is 22.9 Å². The fraction of sp³-hybridized carbons (Fsp3) is 0.364. The highest BCUT2D eigenvalue weighted by atomic mass is 35.5. The number of hydrogen-bond donors (Lipinski definition) is 2. The van der Waals surface area contributed by atoms with Gasteiger partial charge < -0.3 is 10.4 Å². The Morgan fingerprint density at radius 1 is 1.47 bits per heavy atom. The SMILES string of the molecule is CCC(Cl)CNC(=O)c1ccc(O)cc1. The summed E-state index contributed by atoms with van der Waals surface area (Å²) >= 11 is 5.87. The molecule has 1 atom stereocenters. The molecule has 3 nitrogen and oxygen atoms in total. The Balaban J connectivity index is 2.50. The van der Waals surface area contributed by atoms with E-state index in [-0.39, 0.29) is 17.0 Å². The molecule has 1 aromatic carbocycles. The third-order valence-electron chi connectivity index (χ3n) is 2.06. The van der Waals surface area contributed by atoms with Gasteiger partial charge in [0.25, 0.3) is 5.91 Å². The molecule has 82 valence electrons. The minimum absolute atomic E-state index is 0.0361. The summed E-state index contributed by atoms with van der Waals surface area (Å²) in [6.07, 6.45) is 0.817. The molecule has 0 aliphatic carbocycles. The van der Waals surface area contributed by atoms with Crippen LogP contribution in [0.3, 0.4) is 0 Å². The zero-order chi connectivity index (χ0) is 11.3. The predicted octanol–water partition coefficient (Wildman–Crippen LogP) is 2.14. The minimum atomic E-state index is -0.172. The molecule has 0 aromatic heterocycles. The van der Waals surface area contributed by atoms with Gasteiger partial charge in [0.1, 0.15) is 5.75 Å². The molecule has 0 aliphatic heterocycles. The molecular formula is C11H14ClNO2. The standard InChI is InChI=1S/C11H14ClNO2/c1-2-9(12)7-13-11(15)8-3-5-10(14)6-4-8/h3-6,9,14H,2,7H2,1H3,(H,13,15). The fourth-order valence-electron chi connectivity index (χ4n) is 1.06. The van der Waals surface area contributed by atoms with E-state index >= 15 is 0 Å². The number of amides is 1. The van der Waals surface area contributed by atoms with Crippen molar-refractivity contribution in [1.82, 2.24) is 5.32 Å². The molecule has 15 heavy (non-hydrogen) atoms. The van der Waals surface area contributed by atoms with Gasteiger partial charge in [0, 0.05) is 12.1 Å². The van der Waals surface area contributed by atoms with E-state index in [0.717, 1.165) is 6.42 Å². The quantitative estimate of drug-likeness (QED) is 0.775. The second-order valence-electron chi connectivity index (χ2n) is 3.26. The molecule has 0 heterocycles. The van der Waals surface area contributed by atoms with Crippen LogP contribution in [0.1, 0.15) is 23.7 Å². The van der Waals surface area contributed by atoms with Gasteiger partial charge >= 0.3 is 0 Å². The van der Waals surface area contributed by atoms with Crippen LogP contribution in [-0.2, 0) is 0 Å². The second kappa shape index (κ2) is 5.61. The number of aromatic hydroxyl groups is 1. The third kappa shape index (κ3) is 3.80. The van der Waals surface area contributed by atoms with Crippen LogP contribution in [0.4, 0.5) is 0 Å². The monoisotopic (exact) mass is 227 g/mol. The zero-order valence-electron chi connectivity index (χ0n) is 8.53. The Morgan fingerprint density at radius 2 is 2.07 bits per heavy atom. The largest absolute Gasteiger partial charge is 0.508 e. The van der Waals surface area contributed by atoms with E-state index in [9.17, 15) is 4.79 Å². The predicted molar refractivity (Wildman–Crippen MR) is 60.4 cm³/mol. The Labute approximate surface area is 94.1 Å². The van der Waals surface area contributed by atoms with Gasteiger partial charge in [-0.25, -0.2) is 0 Å².